The molecule has 0 saturated carbocycles. The van der Waals surface area contributed by atoms with Crippen molar-refractivity contribution >= 4 is 5.91 Å². The second-order valence-corrected chi connectivity index (χ2v) is 5.20. The molecule has 0 radical (unpaired) electrons. The third-order valence-electron chi connectivity index (χ3n) is 3.50. The van der Waals surface area contributed by atoms with Crippen molar-refractivity contribution in [1.29, 1.82) is 0 Å². The highest BCUT2D eigenvalue weighted by Crippen LogP contribution is 2.06. The predicted molar refractivity (Wildman–Crippen MR) is 83.8 cm³/mol. The van der Waals surface area contributed by atoms with Gasteiger partial charge in [-0.15, -0.1) is 0 Å². The molecule has 0 unspecified atom stereocenters. The summed E-state index contributed by atoms with van der Waals surface area (Å²) in [5, 5.41) is 11.8. The van der Waals surface area contributed by atoms with Gasteiger partial charge in [0.25, 0.3) is 0 Å². The minimum atomic E-state index is -0.264. The highest BCUT2D eigenvalue weighted by molar-refractivity contribution is 5.76. The average molecular weight is 301 g/mol. The number of benzene rings is 2. The molecule has 4 heteroatoms. The molecule has 2 aromatic rings. The molecule has 0 aliphatic carbocycles. The van der Waals surface area contributed by atoms with Crippen LogP contribution in [0.4, 0.5) is 4.39 Å². The summed E-state index contributed by atoms with van der Waals surface area (Å²) in [6.07, 6.45) is 1.76. The summed E-state index contributed by atoms with van der Waals surface area (Å²) in [5.74, 6) is -0.267. The van der Waals surface area contributed by atoms with Crippen molar-refractivity contribution in [2.75, 3.05) is 6.54 Å². The summed E-state index contributed by atoms with van der Waals surface area (Å²) in [7, 11) is 0. The maximum atomic E-state index is 12.8. The van der Waals surface area contributed by atoms with Gasteiger partial charge in [-0.3, -0.25) is 4.79 Å². The van der Waals surface area contributed by atoms with E-state index >= 15 is 0 Å². The van der Waals surface area contributed by atoms with Gasteiger partial charge in [0, 0.05) is 13.0 Å². The second-order valence-electron chi connectivity index (χ2n) is 5.20. The van der Waals surface area contributed by atoms with Gasteiger partial charge in [0.1, 0.15) is 5.82 Å². The Morgan fingerprint density at radius 3 is 2.09 bits per heavy atom. The maximum Gasteiger partial charge on any atom is 0.220 e. The summed E-state index contributed by atoms with van der Waals surface area (Å²) < 4.78 is 12.8. The third-order valence-corrected chi connectivity index (χ3v) is 3.50. The van der Waals surface area contributed by atoms with Crippen molar-refractivity contribution in [2.45, 2.75) is 25.9 Å². The highest BCUT2D eigenvalue weighted by Gasteiger charge is 2.02. The highest BCUT2D eigenvalue weighted by atomic mass is 19.1. The molecular formula is C18H20FNO2. The number of halogens is 1. The Bertz CT molecular complexity index is 593. The Hall–Kier alpha value is -2.20. The summed E-state index contributed by atoms with van der Waals surface area (Å²) in [5.41, 5.74) is 2.96. The van der Waals surface area contributed by atoms with Gasteiger partial charge < -0.3 is 10.4 Å². The molecule has 0 bridgehead atoms. The number of aliphatic hydroxyl groups is 1. The van der Waals surface area contributed by atoms with Crippen LogP contribution >= 0.6 is 0 Å². The van der Waals surface area contributed by atoms with Crippen LogP contribution in [0, 0.1) is 5.82 Å². The lowest BCUT2D eigenvalue weighted by molar-refractivity contribution is -0.121. The number of aryl methyl sites for hydroxylation is 1. The Balaban J connectivity index is 1.67. The first-order valence-corrected chi connectivity index (χ1v) is 7.37. The molecule has 2 aromatic carbocycles. The standard InChI is InChI=1S/C18H20FNO2/c19-17-8-5-14(6-9-17)7-10-18(22)20-12-11-15-1-3-16(13-21)4-2-15/h1-6,8-9,21H,7,10-13H2,(H,20,22). The minimum Gasteiger partial charge on any atom is -0.392 e. The lowest BCUT2D eigenvalue weighted by Gasteiger charge is -2.06. The number of carbonyl (C=O) groups excluding carboxylic acids is 1. The van der Waals surface area contributed by atoms with Crippen molar-refractivity contribution in [1.82, 2.24) is 5.32 Å². The molecule has 1 amide bonds. The van der Waals surface area contributed by atoms with E-state index < -0.39 is 0 Å². The number of rotatable bonds is 7. The van der Waals surface area contributed by atoms with Crippen molar-refractivity contribution in [3.63, 3.8) is 0 Å². The Labute approximate surface area is 129 Å². The topological polar surface area (TPSA) is 49.3 Å². The molecular weight excluding hydrogens is 281 g/mol. The zero-order chi connectivity index (χ0) is 15.8. The van der Waals surface area contributed by atoms with Crippen LogP contribution in [0.2, 0.25) is 0 Å². The number of hydrogen-bond donors (Lipinski definition) is 2. The zero-order valence-corrected chi connectivity index (χ0v) is 12.4. The van der Waals surface area contributed by atoms with Crippen LogP contribution in [-0.4, -0.2) is 17.6 Å². The Morgan fingerprint density at radius 2 is 1.45 bits per heavy atom. The first kappa shape index (κ1) is 16.2. The molecule has 2 N–H and O–H groups in total. The third kappa shape index (κ3) is 5.30. The molecule has 22 heavy (non-hydrogen) atoms. The van der Waals surface area contributed by atoms with Crippen molar-refractivity contribution in [3.05, 3.63) is 71.0 Å². The van der Waals surface area contributed by atoms with E-state index in [1.807, 2.05) is 24.3 Å². The molecule has 0 atom stereocenters. The van der Waals surface area contributed by atoms with Crippen molar-refractivity contribution in [2.24, 2.45) is 0 Å². The van der Waals surface area contributed by atoms with Crippen LogP contribution in [0.5, 0.6) is 0 Å². The fourth-order valence-corrected chi connectivity index (χ4v) is 2.15. The first-order valence-electron chi connectivity index (χ1n) is 7.37. The zero-order valence-electron chi connectivity index (χ0n) is 12.4. The van der Waals surface area contributed by atoms with Crippen LogP contribution in [0.15, 0.2) is 48.5 Å². The Morgan fingerprint density at radius 1 is 0.909 bits per heavy atom. The van der Waals surface area contributed by atoms with Gasteiger partial charge in [0.2, 0.25) is 5.91 Å². The molecule has 0 saturated heterocycles. The van der Waals surface area contributed by atoms with Crippen molar-refractivity contribution < 1.29 is 14.3 Å². The molecule has 0 aliphatic rings. The molecule has 3 nitrogen and oxygen atoms in total. The number of hydrogen-bond acceptors (Lipinski definition) is 2. The van der Waals surface area contributed by atoms with Gasteiger partial charge >= 0.3 is 0 Å². The quantitative estimate of drug-likeness (QED) is 0.826. The normalized spacial score (nSPS) is 10.5. The SMILES string of the molecule is O=C(CCc1ccc(F)cc1)NCCc1ccc(CO)cc1. The summed E-state index contributed by atoms with van der Waals surface area (Å²) in [4.78, 5) is 11.8. The van der Waals surface area contributed by atoms with Crippen molar-refractivity contribution in [3.8, 4) is 0 Å². The summed E-state index contributed by atoms with van der Waals surface area (Å²) >= 11 is 0. The van der Waals surface area contributed by atoms with E-state index in [0.717, 1.165) is 23.1 Å². The van der Waals surface area contributed by atoms with Crippen LogP contribution in [0.25, 0.3) is 0 Å². The lowest BCUT2D eigenvalue weighted by Crippen LogP contribution is -2.25. The van der Waals surface area contributed by atoms with E-state index in [2.05, 4.69) is 5.32 Å². The monoisotopic (exact) mass is 301 g/mol. The average Bonchev–Trinajstić information content (AvgIpc) is 2.55. The smallest absolute Gasteiger partial charge is 0.220 e. The van der Waals surface area contributed by atoms with E-state index in [-0.39, 0.29) is 18.3 Å². The van der Waals surface area contributed by atoms with Crippen LogP contribution in [0.1, 0.15) is 23.1 Å². The van der Waals surface area contributed by atoms with E-state index in [1.165, 1.54) is 12.1 Å². The lowest BCUT2D eigenvalue weighted by atomic mass is 10.1. The van der Waals surface area contributed by atoms with E-state index in [0.29, 0.717) is 19.4 Å². The predicted octanol–water partition coefficient (Wildman–Crippen LogP) is 2.61. The Kier molecular flexibility index (Phi) is 6.10. The van der Waals surface area contributed by atoms with E-state index in [1.54, 1.807) is 12.1 Å². The molecule has 0 heterocycles. The van der Waals surface area contributed by atoms with Gasteiger partial charge in [0.05, 0.1) is 6.61 Å². The van der Waals surface area contributed by atoms with Gasteiger partial charge in [-0.25, -0.2) is 4.39 Å². The molecule has 0 aliphatic heterocycles. The first-order chi connectivity index (χ1) is 10.7. The fourth-order valence-electron chi connectivity index (χ4n) is 2.15. The van der Waals surface area contributed by atoms with Gasteiger partial charge in [-0.1, -0.05) is 36.4 Å². The summed E-state index contributed by atoms with van der Waals surface area (Å²) in [6.45, 7) is 0.626. The van der Waals surface area contributed by atoms with E-state index in [9.17, 15) is 9.18 Å². The largest absolute Gasteiger partial charge is 0.392 e. The van der Waals surface area contributed by atoms with Crippen LogP contribution in [0.3, 0.4) is 0 Å². The molecule has 0 spiro atoms. The minimum absolute atomic E-state index is 0.00342. The summed E-state index contributed by atoms with van der Waals surface area (Å²) in [6, 6.07) is 13.9. The second kappa shape index (κ2) is 8.29. The molecule has 0 fully saturated rings. The molecule has 0 aromatic heterocycles. The van der Waals surface area contributed by atoms with Gasteiger partial charge in [0.15, 0.2) is 0 Å². The number of aliphatic hydroxyl groups excluding tert-OH is 1. The fraction of sp³-hybridized carbons (Fsp3) is 0.278. The van der Waals surface area contributed by atoms with Gasteiger partial charge in [-0.2, -0.15) is 0 Å². The number of carbonyl (C=O) groups is 1. The maximum absolute atomic E-state index is 12.8. The molecule has 2 rings (SSSR count). The van der Waals surface area contributed by atoms with E-state index in [4.69, 9.17) is 5.11 Å². The van der Waals surface area contributed by atoms with Gasteiger partial charge in [-0.05, 0) is 41.7 Å². The number of amides is 1. The van der Waals surface area contributed by atoms with Crippen LogP contribution in [-0.2, 0) is 24.2 Å². The molecule has 116 valence electrons. The van der Waals surface area contributed by atoms with Crippen LogP contribution < -0.4 is 5.32 Å². The number of nitrogens with one attached hydrogen (secondary N) is 1.